The van der Waals surface area contributed by atoms with Crippen LogP contribution >= 0.6 is 11.6 Å². The van der Waals surface area contributed by atoms with Crippen LogP contribution < -0.4 is 10.1 Å². The third-order valence-electron chi connectivity index (χ3n) is 7.34. The van der Waals surface area contributed by atoms with Crippen molar-refractivity contribution in [3.05, 3.63) is 40.4 Å². The molecule has 0 atom stereocenters. The molecule has 1 saturated carbocycles. The van der Waals surface area contributed by atoms with Crippen molar-refractivity contribution in [2.75, 3.05) is 11.9 Å². The lowest BCUT2D eigenvalue weighted by Gasteiger charge is -2.29. The summed E-state index contributed by atoms with van der Waals surface area (Å²) < 4.78 is 112. The Balaban J connectivity index is 1.55. The molecule has 6 nitrogen and oxygen atoms in total. The average Bonchev–Trinajstić information content (AvgIpc) is 3.21. The molecule has 1 aromatic carbocycles. The van der Waals surface area contributed by atoms with Crippen molar-refractivity contribution < 1.29 is 44.7 Å². The van der Waals surface area contributed by atoms with Crippen molar-refractivity contribution in [1.82, 2.24) is 14.5 Å². The van der Waals surface area contributed by atoms with Crippen molar-refractivity contribution in [2.24, 2.45) is 18.9 Å². The second-order valence-corrected chi connectivity index (χ2v) is 10.6. The SMILES string of the molecule is Cn1c(Nc2c(Cl)cccc2C(F)(F)F)nc2cc(C(=O)CCCC3CCC(C(F)(F)F)CC3)c(OCC(F)F)nc21. The first-order chi connectivity index (χ1) is 19.6. The van der Waals surface area contributed by atoms with Gasteiger partial charge < -0.3 is 10.1 Å². The molecule has 1 N–H and O–H groups in total. The summed E-state index contributed by atoms with van der Waals surface area (Å²) in [5.74, 6) is -2.26. The second-order valence-electron chi connectivity index (χ2n) is 10.2. The standard InChI is InChI=1S/C27H27ClF8N4O2/c1-40-23-19(37-25(40)38-22-17(27(34,35)36)5-3-6-18(22)28)12-16(24(39-23)42-13-21(29)30)20(41)7-2-4-14-8-10-15(11-9-14)26(31,32)33/h3,5-6,12,14-15,21H,2,4,7-11,13H2,1H3,(H,37,38). The fourth-order valence-corrected chi connectivity index (χ4v) is 5.34. The first-order valence-electron chi connectivity index (χ1n) is 13.2. The van der Waals surface area contributed by atoms with E-state index in [1.54, 1.807) is 0 Å². The van der Waals surface area contributed by atoms with Crippen LogP contribution in [0.4, 0.5) is 46.8 Å². The van der Waals surface area contributed by atoms with E-state index in [0.29, 0.717) is 25.7 Å². The maximum atomic E-state index is 13.6. The van der Waals surface area contributed by atoms with Gasteiger partial charge in [0, 0.05) is 13.5 Å². The molecule has 42 heavy (non-hydrogen) atoms. The molecule has 15 heteroatoms. The number of halogens is 9. The summed E-state index contributed by atoms with van der Waals surface area (Å²) in [4.78, 5) is 21.5. The molecule has 0 radical (unpaired) electrons. The maximum absolute atomic E-state index is 13.6. The van der Waals surface area contributed by atoms with Crippen molar-refractivity contribution in [2.45, 2.75) is 63.7 Å². The van der Waals surface area contributed by atoms with E-state index in [4.69, 9.17) is 16.3 Å². The fraction of sp³-hybridized carbons (Fsp3) is 0.519. The molecule has 3 aromatic rings. The van der Waals surface area contributed by atoms with Gasteiger partial charge in [0.05, 0.1) is 27.8 Å². The molecule has 230 valence electrons. The summed E-state index contributed by atoms with van der Waals surface area (Å²) in [6.45, 7) is -1.06. The summed E-state index contributed by atoms with van der Waals surface area (Å²) in [5.41, 5.74) is -1.51. The fourth-order valence-electron chi connectivity index (χ4n) is 5.12. The van der Waals surface area contributed by atoms with Gasteiger partial charge in [-0.15, -0.1) is 0 Å². The molecular formula is C27H27ClF8N4O2. The number of para-hydroxylation sites is 1. The Morgan fingerprint density at radius 1 is 1.12 bits per heavy atom. The summed E-state index contributed by atoms with van der Waals surface area (Å²) in [6.07, 6.45) is -10.1. The van der Waals surface area contributed by atoms with Gasteiger partial charge in [-0.25, -0.2) is 13.8 Å². The lowest BCUT2D eigenvalue weighted by atomic mass is 9.79. The number of fused-ring (bicyclic) bond motifs is 1. The number of benzene rings is 1. The van der Waals surface area contributed by atoms with Gasteiger partial charge in [0.25, 0.3) is 6.43 Å². The molecule has 0 amide bonds. The zero-order valence-electron chi connectivity index (χ0n) is 22.3. The molecule has 0 saturated heterocycles. The van der Waals surface area contributed by atoms with Gasteiger partial charge in [-0.2, -0.15) is 31.3 Å². The summed E-state index contributed by atoms with van der Waals surface area (Å²) in [7, 11) is 1.42. The minimum absolute atomic E-state index is 0.0378. The highest BCUT2D eigenvalue weighted by Crippen LogP contribution is 2.42. The number of nitrogens with one attached hydrogen (secondary N) is 1. The molecule has 0 aliphatic heterocycles. The number of pyridine rings is 1. The molecule has 1 fully saturated rings. The van der Waals surface area contributed by atoms with Gasteiger partial charge in [0.2, 0.25) is 11.8 Å². The van der Waals surface area contributed by atoms with E-state index in [9.17, 15) is 39.9 Å². The first kappa shape index (κ1) is 31.8. The third-order valence-corrected chi connectivity index (χ3v) is 7.65. The number of ether oxygens (including phenoxy) is 1. The van der Waals surface area contributed by atoms with E-state index in [2.05, 4.69) is 15.3 Å². The Kier molecular flexibility index (Phi) is 9.53. The van der Waals surface area contributed by atoms with Crippen LogP contribution in [0.3, 0.4) is 0 Å². The van der Waals surface area contributed by atoms with Crippen molar-refractivity contribution in [1.29, 1.82) is 0 Å². The van der Waals surface area contributed by atoms with E-state index in [1.807, 2.05) is 0 Å². The number of ketones is 1. The van der Waals surface area contributed by atoms with Crippen molar-refractivity contribution in [3.63, 3.8) is 0 Å². The molecule has 2 heterocycles. The minimum atomic E-state index is -4.73. The van der Waals surface area contributed by atoms with E-state index in [0.717, 1.165) is 12.1 Å². The largest absolute Gasteiger partial charge is 0.471 e. The smallest absolute Gasteiger partial charge is 0.418 e. The van der Waals surface area contributed by atoms with Gasteiger partial charge in [-0.3, -0.25) is 9.36 Å². The number of imidazole rings is 1. The summed E-state index contributed by atoms with van der Waals surface area (Å²) in [6, 6.07) is 4.51. The number of rotatable bonds is 10. The number of carbonyl (C=O) groups is 1. The molecule has 1 aliphatic carbocycles. The van der Waals surface area contributed by atoms with Crippen molar-refractivity contribution in [3.8, 4) is 5.88 Å². The number of Topliss-reactive ketones (excluding diaryl/α,β-unsaturated/α-hetero) is 1. The first-order valence-corrected chi connectivity index (χ1v) is 13.5. The Morgan fingerprint density at radius 3 is 2.43 bits per heavy atom. The lowest BCUT2D eigenvalue weighted by Crippen LogP contribution is -2.27. The van der Waals surface area contributed by atoms with Crippen LogP contribution in [0.25, 0.3) is 11.2 Å². The number of hydrogen-bond acceptors (Lipinski definition) is 5. The van der Waals surface area contributed by atoms with Crippen LogP contribution in [-0.4, -0.2) is 39.5 Å². The van der Waals surface area contributed by atoms with E-state index in [1.165, 1.54) is 23.7 Å². The maximum Gasteiger partial charge on any atom is 0.418 e. The zero-order valence-corrected chi connectivity index (χ0v) is 23.0. The molecular weight excluding hydrogens is 600 g/mol. The predicted octanol–water partition coefficient (Wildman–Crippen LogP) is 8.75. The predicted molar refractivity (Wildman–Crippen MR) is 139 cm³/mol. The number of aromatic nitrogens is 3. The summed E-state index contributed by atoms with van der Waals surface area (Å²) in [5, 5.41) is 2.32. The summed E-state index contributed by atoms with van der Waals surface area (Å²) >= 11 is 6.03. The Morgan fingerprint density at radius 2 is 1.81 bits per heavy atom. The Labute approximate surface area is 240 Å². The Hall–Kier alpha value is -3.16. The highest BCUT2D eigenvalue weighted by atomic mass is 35.5. The molecule has 4 rings (SSSR count). The molecule has 1 aliphatic rings. The van der Waals surface area contributed by atoms with Gasteiger partial charge in [0.1, 0.15) is 5.52 Å². The number of nitrogens with zero attached hydrogens (tertiary/aromatic N) is 3. The van der Waals surface area contributed by atoms with Gasteiger partial charge in [0.15, 0.2) is 18.0 Å². The van der Waals surface area contributed by atoms with Crippen LogP contribution in [0.5, 0.6) is 5.88 Å². The van der Waals surface area contributed by atoms with Crippen LogP contribution in [0.15, 0.2) is 24.3 Å². The van der Waals surface area contributed by atoms with Crippen LogP contribution in [0.2, 0.25) is 5.02 Å². The van der Waals surface area contributed by atoms with Crippen LogP contribution in [-0.2, 0) is 13.2 Å². The number of anilines is 2. The number of alkyl halides is 8. The molecule has 0 spiro atoms. The number of hydrogen-bond donors (Lipinski definition) is 1. The van der Waals surface area contributed by atoms with Crippen LogP contribution in [0, 0.1) is 11.8 Å². The quantitative estimate of drug-likeness (QED) is 0.180. The topological polar surface area (TPSA) is 69.0 Å². The highest BCUT2D eigenvalue weighted by molar-refractivity contribution is 6.33. The minimum Gasteiger partial charge on any atom is -0.471 e. The third kappa shape index (κ3) is 7.42. The Bertz CT molecular complexity index is 1420. The van der Waals surface area contributed by atoms with Crippen LogP contribution in [0.1, 0.15) is 60.9 Å². The van der Waals surface area contributed by atoms with Crippen molar-refractivity contribution >= 4 is 40.2 Å². The van der Waals surface area contributed by atoms with E-state index >= 15 is 0 Å². The van der Waals surface area contributed by atoms with E-state index in [-0.39, 0.29) is 58.8 Å². The molecule has 0 unspecified atom stereocenters. The van der Waals surface area contributed by atoms with Gasteiger partial charge >= 0.3 is 12.4 Å². The van der Waals surface area contributed by atoms with Gasteiger partial charge in [-0.1, -0.05) is 24.1 Å². The highest BCUT2D eigenvalue weighted by Gasteiger charge is 2.41. The second kappa shape index (κ2) is 12.6. The molecule has 2 aromatic heterocycles. The lowest BCUT2D eigenvalue weighted by molar-refractivity contribution is -0.184. The zero-order chi connectivity index (χ0) is 30.8. The molecule has 0 bridgehead atoms. The normalized spacial score (nSPS) is 18.1. The average molecular weight is 627 g/mol. The monoisotopic (exact) mass is 626 g/mol. The van der Waals surface area contributed by atoms with Gasteiger partial charge in [-0.05, 0) is 56.2 Å². The number of carbonyl (C=O) groups excluding carboxylic acids is 1. The number of aryl methyl sites for hydroxylation is 1. The van der Waals surface area contributed by atoms with E-state index < -0.39 is 48.3 Å².